The third-order valence-corrected chi connectivity index (χ3v) is 3.97. The van der Waals surface area contributed by atoms with Crippen LogP contribution in [0, 0.1) is 0 Å². The quantitative estimate of drug-likeness (QED) is 0.328. The lowest BCUT2D eigenvalue weighted by Gasteiger charge is -2.23. The average molecular weight is 335 g/mol. The van der Waals surface area contributed by atoms with E-state index in [2.05, 4.69) is 42.3 Å². The number of hydrogen-bond donors (Lipinski definition) is 0. The summed E-state index contributed by atoms with van der Waals surface area (Å²) in [6.07, 6.45) is 2.45. The van der Waals surface area contributed by atoms with Gasteiger partial charge in [0.2, 0.25) is 0 Å². The molecule has 0 amide bonds. The van der Waals surface area contributed by atoms with E-state index >= 15 is 0 Å². The highest BCUT2D eigenvalue weighted by Crippen LogP contribution is 2.11. The molecule has 0 bridgehead atoms. The summed E-state index contributed by atoms with van der Waals surface area (Å²) in [7, 11) is 12.6. The number of unbranched alkanes of at least 4 members (excludes halogenated alkanes) is 1. The molecule has 0 saturated heterocycles. The van der Waals surface area contributed by atoms with Gasteiger partial charge in [0.05, 0.1) is 54.6 Å². The van der Waals surface area contributed by atoms with E-state index in [0.29, 0.717) is 19.4 Å². The van der Waals surface area contributed by atoms with Crippen LogP contribution in [0.4, 0.5) is 0 Å². The molecule has 0 aliphatic carbocycles. The average Bonchev–Trinajstić information content (AvgIpc) is 2.31. The van der Waals surface area contributed by atoms with E-state index in [-0.39, 0.29) is 11.1 Å². The maximum atomic E-state index is 11.7. The first-order valence-electron chi connectivity index (χ1n) is 7.92. The molecule has 5 nitrogen and oxygen atoms in total. The zero-order chi connectivity index (χ0) is 17.2. The lowest BCUT2D eigenvalue weighted by Crippen LogP contribution is -2.38. The number of carbonyl (C=O) groups is 2. The second-order valence-electron chi connectivity index (χ2n) is 7.68. The molecule has 0 aliphatic heterocycles. The Morgan fingerprint density at radius 1 is 0.864 bits per heavy atom. The zero-order valence-corrected chi connectivity index (χ0v) is 16.0. The van der Waals surface area contributed by atoms with Gasteiger partial charge in [-0.15, -0.1) is 0 Å². The number of likely N-dealkylation sites (N-methyl/N-ethyl adjacent to an activating group) is 1. The summed E-state index contributed by atoms with van der Waals surface area (Å²) < 4.78 is 6.84. The minimum atomic E-state index is -0.154. The van der Waals surface area contributed by atoms with Crippen molar-refractivity contribution in [3.05, 3.63) is 0 Å². The van der Waals surface area contributed by atoms with E-state index in [4.69, 9.17) is 4.74 Å². The predicted molar refractivity (Wildman–Crippen MR) is 92.7 cm³/mol. The van der Waals surface area contributed by atoms with Gasteiger partial charge in [0.25, 0.3) is 0 Å². The topological polar surface area (TPSA) is 43.4 Å². The van der Waals surface area contributed by atoms with Gasteiger partial charge < -0.3 is 13.7 Å². The lowest BCUT2D eigenvalue weighted by molar-refractivity contribution is -0.870. The number of nitrogens with zero attached hydrogens (tertiary/aromatic N) is 2. The minimum absolute atomic E-state index is 0.154. The summed E-state index contributed by atoms with van der Waals surface area (Å²) in [6, 6.07) is 0. The van der Waals surface area contributed by atoms with Gasteiger partial charge in [-0.25, -0.2) is 0 Å². The Balaban J connectivity index is 3.55. The fraction of sp³-hybridized carbons (Fsp3) is 0.875. The Hall–Kier alpha value is -0.590. The summed E-state index contributed by atoms with van der Waals surface area (Å²) in [6.45, 7) is 2.25. The first kappa shape index (κ1) is 21.4. The van der Waals surface area contributed by atoms with Crippen molar-refractivity contribution >= 4 is 22.8 Å². The van der Waals surface area contributed by atoms with Gasteiger partial charge in [-0.3, -0.25) is 9.59 Å². The molecule has 0 aromatic heterocycles. The molecule has 0 fully saturated rings. The molecule has 22 heavy (non-hydrogen) atoms. The molecule has 0 heterocycles. The summed E-state index contributed by atoms with van der Waals surface area (Å²) in [5.41, 5.74) is 0. The van der Waals surface area contributed by atoms with E-state index < -0.39 is 0 Å². The van der Waals surface area contributed by atoms with Crippen LogP contribution in [0.3, 0.4) is 0 Å². The van der Waals surface area contributed by atoms with E-state index in [1.54, 1.807) is 0 Å². The highest BCUT2D eigenvalue weighted by Gasteiger charge is 2.11. The van der Waals surface area contributed by atoms with Crippen LogP contribution < -0.4 is 0 Å². The number of thioether (sulfide) groups is 1. The number of esters is 1. The Morgan fingerprint density at radius 3 is 1.95 bits per heavy atom. The van der Waals surface area contributed by atoms with Gasteiger partial charge in [-0.05, 0) is 12.8 Å². The smallest absolute Gasteiger partial charge is 0.305 e. The molecule has 6 heteroatoms. The molecule has 0 atom stereocenters. The molecule has 0 N–H and O–H groups in total. The molecule has 0 aliphatic rings. The monoisotopic (exact) mass is 334 g/mol. The fourth-order valence-electron chi connectivity index (χ4n) is 1.55. The Bertz CT molecular complexity index is 312. The summed E-state index contributed by atoms with van der Waals surface area (Å²) in [4.78, 5) is 23.2. The molecule has 0 spiro atoms. The summed E-state index contributed by atoms with van der Waals surface area (Å²) in [5, 5.41) is 0.229. The van der Waals surface area contributed by atoms with Gasteiger partial charge in [-0.2, -0.15) is 0 Å². The largest absolute Gasteiger partial charge is 0.460 e. The van der Waals surface area contributed by atoms with Crippen LogP contribution in [0.15, 0.2) is 0 Å². The van der Waals surface area contributed by atoms with Crippen molar-refractivity contribution in [2.45, 2.75) is 25.7 Å². The highest BCUT2D eigenvalue weighted by molar-refractivity contribution is 8.13. The van der Waals surface area contributed by atoms with E-state index in [1.165, 1.54) is 11.8 Å². The zero-order valence-electron chi connectivity index (χ0n) is 15.2. The van der Waals surface area contributed by atoms with Crippen molar-refractivity contribution < 1.29 is 23.3 Å². The third kappa shape index (κ3) is 15.8. The Morgan fingerprint density at radius 2 is 1.41 bits per heavy atom. The van der Waals surface area contributed by atoms with Crippen LogP contribution >= 0.6 is 11.8 Å². The number of rotatable bonds is 11. The molecule has 0 aromatic carbocycles. The first-order valence-corrected chi connectivity index (χ1v) is 8.90. The SMILES string of the molecule is C[N+](C)(C)CCOC(=O)CCCCC(=O)SCC[N+](C)(C)C. The van der Waals surface area contributed by atoms with Crippen LogP contribution in [0.5, 0.6) is 0 Å². The normalized spacial score (nSPS) is 12.3. The van der Waals surface area contributed by atoms with Gasteiger partial charge in [0, 0.05) is 12.8 Å². The maximum absolute atomic E-state index is 11.7. The number of ether oxygens (including phenoxy) is 1. The molecule has 0 radical (unpaired) electrons. The molecule has 0 unspecified atom stereocenters. The van der Waals surface area contributed by atoms with Gasteiger partial charge in [0.15, 0.2) is 5.12 Å². The van der Waals surface area contributed by atoms with Crippen LogP contribution in [0.1, 0.15) is 25.7 Å². The molecule has 130 valence electrons. The maximum Gasteiger partial charge on any atom is 0.305 e. The van der Waals surface area contributed by atoms with Crippen molar-refractivity contribution in [1.29, 1.82) is 0 Å². The molecular formula is C16H34N2O3S+2. The molecule has 0 saturated carbocycles. The van der Waals surface area contributed by atoms with Crippen molar-refractivity contribution in [3.63, 3.8) is 0 Å². The van der Waals surface area contributed by atoms with Crippen LogP contribution in [-0.2, 0) is 14.3 Å². The van der Waals surface area contributed by atoms with Crippen molar-refractivity contribution in [2.24, 2.45) is 0 Å². The predicted octanol–water partition coefficient (Wildman–Crippen LogP) is 1.76. The number of carbonyl (C=O) groups excluding carboxylic acids is 2. The number of quaternary nitrogens is 2. The van der Waals surface area contributed by atoms with E-state index in [0.717, 1.165) is 40.7 Å². The van der Waals surface area contributed by atoms with Crippen molar-refractivity contribution in [2.75, 3.05) is 67.7 Å². The van der Waals surface area contributed by atoms with E-state index in [1.807, 2.05) is 0 Å². The number of hydrogen-bond acceptors (Lipinski definition) is 4. The van der Waals surface area contributed by atoms with E-state index in [9.17, 15) is 9.59 Å². The van der Waals surface area contributed by atoms with Crippen LogP contribution in [-0.4, -0.2) is 87.8 Å². The van der Waals surface area contributed by atoms with Gasteiger partial charge in [-0.1, -0.05) is 11.8 Å². The highest BCUT2D eigenvalue weighted by atomic mass is 32.2. The van der Waals surface area contributed by atoms with Crippen molar-refractivity contribution in [3.8, 4) is 0 Å². The minimum Gasteiger partial charge on any atom is -0.460 e. The lowest BCUT2D eigenvalue weighted by atomic mass is 10.2. The standard InChI is InChI=1S/C16H34N2O3S/c1-17(2,3)11-13-21-15(19)9-7-8-10-16(20)22-14-12-18(4,5)6/h7-14H2,1-6H3/q+2. The molecular weight excluding hydrogens is 300 g/mol. The Labute approximate surface area is 140 Å². The molecule has 0 rings (SSSR count). The summed E-state index contributed by atoms with van der Waals surface area (Å²) in [5.74, 6) is 0.702. The second kappa shape index (κ2) is 10.2. The third-order valence-electron chi connectivity index (χ3n) is 3.06. The fourth-order valence-corrected chi connectivity index (χ4v) is 2.71. The Kier molecular flexibility index (Phi) is 9.96. The van der Waals surface area contributed by atoms with Crippen molar-refractivity contribution in [1.82, 2.24) is 0 Å². The summed E-state index contributed by atoms with van der Waals surface area (Å²) >= 11 is 1.41. The first-order chi connectivity index (χ1) is 9.99. The second-order valence-corrected chi connectivity index (χ2v) is 8.83. The van der Waals surface area contributed by atoms with Gasteiger partial charge in [0.1, 0.15) is 13.2 Å². The van der Waals surface area contributed by atoms with Crippen LogP contribution in [0.2, 0.25) is 0 Å². The van der Waals surface area contributed by atoms with Crippen LogP contribution in [0.25, 0.3) is 0 Å². The van der Waals surface area contributed by atoms with Gasteiger partial charge >= 0.3 is 5.97 Å². The molecule has 0 aromatic rings.